The lowest BCUT2D eigenvalue weighted by Crippen LogP contribution is -2.48. The quantitative estimate of drug-likeness (QED) is 0.583. The Morgan fingerprint density at radius 1 is 1.09 bits per heavy atom. The number of anilines is 1. The van der Waals surface area contributed by atoms with Crippen molar-refractivity contribution in [2.24, 2.45) is 0 Å². The SMILES string of the molecule is CC(C)Oc1ccc(N(C)CCC2(O)CCN(C(=O)Cc3ccc(S(C)(=O)=O)cc3)CC2)cc1. The first-order chi connectivity index (χ1) is 15.9. The molecule has 0 aromatic heterocycles. The van der Waals surface area contributed by atoms with E-state index >= 15 is 0 Å². The van der Waals surface area contributed by atoms with Crippen molar-refractivity contribution in [3.63, 3.8) is 0 Å². The van der Waals surface area contributed by atoms with Gasteiger partial charge in [-0.05, 0) is 75.1 Å². The number of sulfone groups is 1. The van der Waals surface area contributed by atoms with Crippen LogP contribution in [0.4, 0.5) is 5.69 Å². The standard InChI is InChI=1S/C26H36N2O5S/c1-20(2)33-23-9-7-22(8-10-23)27(3)16-13-26(30)14-17-28(18-15-26)25(29)19-21-5-11-24(12-6-21)34(4,31)32/h5-12,20,30H,13-19H2,1-4H3. The molecule has 1 fully saturated rings. The summed E-state index contributed by atoms with van der Waals surface area (Å²) in [4.78, 5) is 16.9. The zero-order valence-electron chi connectivity index (χ0n) is 20.5. The van der Waals surface area contributed by atoms with E-state index in [1.165, 1.54) is 18.4 Å². The zero-order chi connectivity index (χ0) is 24.9. The summed E-state index contributed by atoms with van der Waals surface area (Å²) >= 11 is 0. The molecule has 0 unspecified atom stereocenters. The Labute approximate surface area is 203 Å². The van der Waals surface area contributed by atoms with Crippen LogP contribution < -0.4 is 9.64 Å². The molecular weight excluding hydrogens is 452 g/mol. The van der Waals surface area contributed by atoms with Gasteiger partial charge in [0.1, 0.15) is 5.75 Å². The molecule has 1 N–H and O–H groups in total. The maximum absolute atomic E-state index is 12.7. The lowest BCUT2D eigenvalue weighted by Gasteiger charge is -2.39. The van der Waals surface area contributed by atoms with Crippen molar-refractivity contribution >= 4 is 21.4 Å². The summed E-state index contributed by atoms with van der Waals surface area (Å²) in [6.45, 7) is 5.74. The minimum absolute atomic E-state index is 0.00465. The molecule has 0 saturated carbocycles. The predicted molar refractivity (Wildman–Crippen MR) is 134 cm³/mol. The van der Waals surface area contributed by atoms with Gasteiger partial charge in [-0.3, -0.25) is 4.79 Å². The average Bonchev–Trinajstić information content (AvgIpc) is 2.78. The van der Waals surface area contributed by atoms with E-state index in [2.05, 4.69) is 4.90 Å². The Morgan fingerprint density at radius 2 is 1.68 bits per heavy atom. The molecule has 186 valence electrons. The van der Waals surface area contributed by atoms with Gasteiger partial charge >= 0.3 is 0 Å². The number of nitrogens with zero attached hydrogens (tertiary/aromatic N) is 2. The Kier molecular flexibility index (Phi) is 8.25. The van der Waals surface area contributed by atoms with Crippen LogP contribution in [-0.4, -0.2) is 69.0 Å². The van der Waals surface area contributed by atoms with Crippen molar-refractivity contribution in [1.82, 2.24) is 4.90 Å². The van der Waals surface area contributed by atoms with Crippen LogP contribution in [0.15, 0.2) is 53.4 Å². The highest BCUT2D eigenvalue weighted by Crippen LogP contribution is 2.28. The second-order valence-electron chi connectivity index (χ2n) is 9.53. The fraction of sp³-hybridized carbons (Fsp3) is 0.500. The number of rotatable bonds is 9. The topological polar surface area (TPSA) is 87.2 Å². The number of likely N-dealkylation sites (tertiary alicyclic amines) is 1. The van der Waals surface area contributed by atoms with E-state index in [1.54, 1.807) is 17.0 Å². The molecule has 0 aliphatic carbocycles. The molecule has 0 atom stereocenters. The second kappa shape index (κ2) is 10.8. The molecule has 0 spiro atoms. The maximum atomic E-state index is 12.7. The summed E-state index contributed by atoms with van der Waals surface area (Å²) in [5.41, 5.74) is 1.06. The molecule has 2 aromatic rings. The van der Waals surface area contributed by atoms with Crippen molar-refractivity contribution in [2.45, 2.75) is 56.1 Å². The van der Waals surface area contributed by atoms with E-state index in [1.807, 2.05) is 45.2 Å². The monoisotopic (exact) mass is 488 g/mol. The van der Waals surface area contributed by atoms with Gasteiger partial charge in [0, 0.05) is 38.6 Å². The van der Waals surface area contributed by atoms with Crippen molar-refractivity contribution in [3.05, 3.63) is 54.1 Å². The second-order valence-corrected chi connectivity index (χ2v) is 11.5. The summed E-state index contributed by atoms with van der Waals surface area (Å²) in [6, 6.07) is 14.4. The number of ether oxygens (including phenoxy) is 1. The van der Waals surface area contributed by atoms with Crippen molar-refractivity contribution < 1.29 is 23.1 Å². The third kappa shape index (κ3) is 7.21. The van der Waals surface area contributed by atoms with Crippen LogP contribution in [0.5, 0.6) is 5.75 Å². The highest BCUT2D eigenvalue weighted by molar-refractivity contribution is 7.90. The average molecular weight is 489 g/mol. The van der Waals surface area contributed by atoms with Crippen LogP contribution in [0.25, 0.3) is 0 Å². The summed E-state index contributed by atoms with van der Waals surface area (Å²) in [5, 5.41) is 11.1. The largest absolute Gasteiger partial charge is 0.491 e. The van der Waals surface area contributed by atoms with Crippen molar-refractivity contribution in [1.29, 1.82) is 0 Å². The smallest absolute Gasteiger partial charge is 0.226 e. The first-order valence-corrected chi connectivity index (χ1v) is 13.6. The van der Waals surface area contributed by atoms with Crippen molar-refractivity contribution in [2.75, 3.05) is 37.8 Å². The maximum Gasteiger partial charge on any atom is 0.226 e. The minimum atomic E-state index is -3.25. The van der Waals surface area contributed by atoms with Gasteiger partial charge in [-0.2, -0.15) is 0 Å². The van der Waals surface area contributed by atoms with E-state index in [-0.39, 0.29) is 23.3 Å². The molecule has 1 aliphatic heterocycles. The molecule has 8 heteroatoms. The van der Waals surface area contributed by atoms with E-state index in [4.69, 9.17) is 4.74 Å². The van der Waals surface area contributed by atoms with Crippen LogP contribution in [0.1, 0.15) is 38.7 Å². The van der Waals surface area contributed by atoms with Gasteiger partial charge in [-0.1, -0.05) is 12.1 Å². The van der Waals surface area contributed by atoms with Crippen molar-refractivity contribution in [3.8, 4) is 5.75 Å². The summed E-state index contributed by atoms with van der Waals surface area (Å²) < 4.78 is 28.9. The number of amides is 1. The highest BCUT2D eigenvalue weighted by Gasteiger charge is 2.33. The van der Waals surface area contributed by atoms with E-state index in [0.29, 0.717) is 38.9 Å². The van der Waals surface area contributed by atoms with Gasteiger partial charge in [0.05, 0.1) is 23.0 Å². The Morgan fingerprint density at radius 3 is 2.21 bits per heavy atom. The van der Waals surface area contributed by atoms with Gasteiger partial charge in [-0.25, -0.2) is 8.42 Å². The molecule has 1 aliphatic rings. The van der Waals surface area contributed by atoms with E-state index < -0.39 is 15.4 Å². The van der Waals surface area contributed by atoms with Crippen LogP contribution in [0.3, 0.4) is 0 Å². The number of carbonyl (C=O) groups excluding carboxylic acids is 1. The molecule has 0 radical (unpaired) electrons. The lowest BCUT2D eigenvalue weighted by molar-refractivity contribution is -0.134. The van der Waals surface area contributed by atoms with Gasteiger partial charge in [0.25, 0.3) is 0 Å². The van der Waals surface area contributed by atoms with Gasteiger partial charge in [-0.15, -0.1) is 0 Å². The molecule has 3 rings (SSSR count). The number of carbonyl (C=O) groups is 1. The third-order valence-corrected chi connectivity index (χ3v) is 7.44. The first kappa shape index (κ1) is 26.0. The zero-order valence-corrected chi connectivity index (χ0v) is 21.3. The number of piperidine rings is 1. The number of aliphatic hydroxyl groups is 1. The van der Waals surface area contributed by atoms with Gasteiger partial charge < -0.3 is 19.6 Å². The normalized spacial score (nSPS) is 15.9. The molecule has 2 aromatic carbocycles. The number of benzene rings is 2. The van der Waals surface area contributed by atoms with Gasteiger partial charge in [0.2, 0.25) is 5.91 Å². The summed E-state index contributed by atoms with van der Waals surface area (Å²) in [6.07, 6.45) is 3.24. The molecule has 1 saturated heterocycles. The highest BCUT2D eigenvalue weighted by atomic mass is 32.2. The predicted octanol–water partition coefficient (Wildman–Crippen LogP) is 3.30. The molecular formula is C26H36N2O5S. The van der Waals surface area contributed by atoms with Crippen LogP contribution >= 0.6 is 0 Å². The van der Waals surface area contributed by atoms with E-state index in [0.717, 1.165) is 17.0 Å². The number of hydrogen-bond donors (Lipinski definition) is 1. The summed E-state index contributed by atoms with van der Waals surface area (Å²) in [7, 11) is -1.24. The Balaban J connectivity index is 1.46. The first-order valence-electron chi connectivity index (χ1n) is 11.7. The number of hydrogen-bond acceptors (Lipinski definition) is 6. The summed E-state index contributed by atoms with van der Waals surface area (Å²) in [5.74, 6) is 0.837. The third-order valence-electron chi connectivity index (χ3n) is 6.32. The van der Waals surface area contributed by atoms with Crippen LogP contribution in [0, 0.1) is 0 Å². The van der Waals surface area contributed by atoms with E-state index in [9.17, 15) is 18.3 Å². The minimum Gasteiger partial charge on any atom is -0.491 e. The molecule has 34 heavy (non-hydrogen) atoms. The molecule has 1 amide bonds. The van der Waals surface area contributed by atoms with Crippen LogP contribution in [-0.2, 0) is 21.1 Å². The van der Waals surface area contributed by atoms with Gasteiger partial charge in [0.15, 0.2) is 9.84 Å². The van der Waals surface area contributed by atoms with Crippen LogP contribution in [0.2, 0.25) is 0 Å². The fourth-order valence-corrected chi connectivity index (χ4v) is 4.75. The Bertz CT molecular complexity index is 1060. The molecule has 7 nitrogen and oxygen atoms in total. The lowest BCUT2D eigenvalue weighted by atomic mass is 9.87. The molecule has 0 bridgehead atoms. The fourth-order valence-electron chi connectivity index (χ4n) is 4.12. The molecule has 1 heterocycles. The Hall–Kier alpha value is -2.58.